The minimum atomic E-state index is -0.651. The van der Waals surface area contributed by atoms with E-state index in [2.05, 4.69) is 15.9 Å². The molecular formula is C12H13BrO2. The van der Waals surface area contributed by atoms with Gasteiger partial charge >= 0.3 is 5.97 Å². The number of aryl methyl sites for hydroxylation is 1. The van der Waals surface area contributed by atoms with E-state index in [0.29, 0.717) is 6.42 Å². The van der Waals surface area contributed by atoms with Crippen molar-refractivity contribution in [3.8, 4) is 0 Å². The van der Waals surface area contributed by atoms with Crippen molar-refractivity contribution < 1.29 is 9.90 Å². The normalized spacial score (nSPS) is 17.5. The van der Waals surface area contributed by atoms with Crippen molar-refractivity contribution in [2.24, 2.45) is 5.41 Å². The van der Waals surface area contributed by atoms with Crippen LogP contribution in [0.5, 0.6) is 0 Å². The largest absolute Gasteiger partial charge is 0.481 e. The Balaban J connectivity index is 2.24. The summed E-state index contributed by atoms with van der Waals surface area (Å²) in [6.07, 6.45) is 2.29. The second-order valence-electron chi connectivity index (χ2n) is 4.33. The number of aliphatic carboxylic acids is 1. The van der Waals surface area contributed by atoms with Gasteiger partial charge in [0.1, 0.15) is 0 Å². The van der Waals surface area contributed by atoms with E-state index in [9.17, 15) is 4.79 Å². The molecule has 1 aliphatic rings. The standard InChI is InChI=1S/C12H13BrO2/c1-8-2-3-10(13)6-9(8)7-12(4-5-12)11(14)15/h2-3,6H,4-5,7H2,1H3,(H,14,15). The highest BCUT2D eigenvalue weighted by atomic mass is 79.9. The molecule has 1 saturated carbocycles. The lowest BCUT2D eigenvalue weighted by molar-refractivity contribution is -0.143. The van der Waals surface area contributed by atoms with Gasteiger partial charge < -0.3 is 5.11 Å². The summed E-state index contributed by atoms with van der Waals surface area (Å²) < 4.78 is 1.02. The number of hydrogen-bond acceptors (Lipinski definition) is 1. The molecule has 0 radical (unpaired) electrons. The van der Waals surface area contributed by atoms with Gasteiger partial charge in [-0.2, -0.15) is 0 Å². The quantitative estimate of drug-likeness (QED) is 0.915. The predicted molar refractivity (Wildman–Crippen MR) is 61.9 cm³/mol. The van der Waals surface area contributed by atoms with E-state index in [-0.39, 0.29) is 0 Å². The van der Waals surface area contributed by atoms with Gasteiger partial charge in [0.2, 0.25) is 0 Å². The third-order valence-corrected chi connectivity index (χ3v) is 3.64. The zero-order chi connectivity index (χ0) is 11.1. The average Bonchev–Trinajstić information content (AvgIpc) is 2.92. The summed E-state index contributed by atoms with van der Waals surface area (Å²) in [4.78, 5) is 11.1. The van der Waals surface area contributed by atoms with Gasteiger partial charge in [-0.3, -0.25) is 4.79 Å². The zero-order valence-corrected chi connectivity index (χ0v) is 10.2. The number of hydrogen-bond donors (Lipinski definition) is 1. The highest BCUT2D eigenvalue weighted by Gasteiger charge is 2.50. The first-order valence-electron chi connectivity index (χ1n) is 5.02. The number of carbonyl (C=O) groups is 1. The van der Waals surface area contributed by atoms with Gasteiger partial charge in [-0.1, -0.05) is 22.0 Å². The van der Waals surface area contributed by atoms with E-state index in [0.717, 1.165) is 22.9 Å². The van der Waals surface area contributed by atoms with Crippen LogP contribution in [-0.2, 0) is 11.2 Å². The number of carboxylic acids is 1. The molecule has 0 unspecified atom stereocenters. The molecule has 0 heterocycles. The summed E-state index contributed by atoms with van der Waals surface area (Å²) in [6, 6.07) is 6.04. The summed E-state index contributed by atoms with van der Waals surface area (Å²) >= 11 is 3.41. The van der Waals surface area contributed by atoms with E-state index < -0.39 is 11.4 Å². The summed E-state index contributed by atoms with van der Waals surface area (Å²) in [5.74, 6) is -0.651. The molecule has 0 aliphatic heterocycles. The van der Waals surface area contributed by atoms with E-state index in [1.54, 1.807) is 0 Å². The molecule has 1 N–H and O–H groups in total. The van der Waals surface area contributed by atoms with E-state index in [1.165, 1.54) is 5.56 Å². The van der Waals surface area contributed by atoms with E-state index in [1.807, 2.05) is 25.1 Å². The second kappa shape index (κ2) is 3.63. The van der Waals surface area contributed by atoms with Crippen molar-refractivity contribution in [2.75, 3.05) is 0 Å². The molecule has 15 heavy (non-hydrogen) atoms. The van der Waals surface area contributed by atoms with Crippen LogP contribution in [0.2, 0.25) is 0 Å². The van der Waals surface area contributed by atoms with Crippen molar-refractivity contribution in [3.05, 3.63) is 33.8 Å². The Labute approximate surface area is 97.4 Å². The van der Waals surface area contributed by atoms with Gasteiger partial charge in [-0.15, -0.1) is 0 Å². The molecule has 1 fully saturated rings. The molecule has 0 aromatic heterocycles. The van der Waals surface area contributed by atoms with Crippen LogP contribution in [0.1, 0.15) is 24.0 Å². The molecule has 0 spiro atoms. The summed E-state index contributed by atoms with van der Waals surface area (Å²) in [5, 5.41) is 9.11. The molecule has 1 aromatic rings. The molecule has 1 aliphatic carbocycles. The molecule has 3 heteroatoms. The number of rotatable bonds is 3. The minimum Gasteiger partial charge on any atom is -0.481 e. The minimum absolute atomic E-state index is 0.467. The molecule has 1 aromatic carbocycles. The SMILES string of the molecule is Cc1ccc(Br)cc1CC1(C(=O)O)CC1. The first-order chi connectivity index (χ1) is 7.03. The highest BCUT2D eigenvalue weighted by molar-refractivity contribution is 9.10. The van der Waals surface area contributed by atoms with Crippen LogP contribution in [0.25, 0.3) is 0 Å². The first-order valence-corrected chi connectivity index (χ1v) is 5.81. The molecule has 2 nitrogen and oxygen atoms in total. The van der Waals surface area contributed by atoms with Gasteiger partial charge in [-0.25, -0.2) is 0 Å². The third-order valence-electron chi connectivity index (χ3n) is 3.15. The molecule has 2 rings (SSSR count). The van der Waals surface area contributed by atoms with E-state index >= 15 is 0 Å². The van der Waals surface area contributed by atoms with Gasteiger partial charge in [0.05, 0.1) is 5.41 Å². The Morgan fingerprint density at radius 2 is 2.20 bits per heavy atom. The lowest BCUT2D eigenvalue weighted by atomic mass is 9.94. The maximum absolute atomic E-state index is 11.1. The maximum Gasteiger partial charge on any atom is 0.309 e. The average molecular weight is 269 g/mol. The lowest BCUT2D eigenvalue weighted by Crippen LogP contribution is -2.18. The van der Waals surface area contributed by atoms with Crippen LogP contribution in [0.3, 0.4) is 0 Å². The van der Waals surface area contributed by atoms with Crippen LogP contribution in [0.4, 0.5) is 0 Å². The fourth-order valence-corrected chi connectivity index (χ4v) is 2.22. The van der Waals surface area contributed by atoms with Crippen molar-refractivity contribution >= 4 is 21.9 Å². The Bertz CT molecular complexity index is 408. The van der Waals surface area contributed by atoms with Crippen molar-refractivity contribution in [2.45, 2.75) is 26.2 Å². The summed E-state index contributed by atoms with van der Waals surface area (Å²) in [6.45, 7) is 2.03. The fraction of sp³-hybridized carbons (Fsp3) is 0.417. The van der Waals surface area contributed by atoms with Gasteiger partial charge in [0.15, 0.2) is 0 Å². The van der Waals surface area contributed by atoms with Crippen molar-refractivity contribution in [1.82, 2.24) is 0 Å². The molecular weight excluding hydrogens is 256 g/mol. The number of carboxylic acid groups (broad SMARTS) is 1. The Morgan fingerprint density at radius 3 is 2.73 bits per heavy atom. The molecule has 0 atom stereocenters. The summed E-state index contributed by atoms with van der Waals surface area (Å²) in [7, 11) is 0. The van der Waals surface area contributed by atoms with E-state index in [4.69, 9.17) is 5.11 Å². The molecule has 0 bridgehead atoms. The monoisotopic (exact) mass is 268 g/mol. The van der Waals surface area contributed by atoms with Gasteiger partial charge in [-0.05, 0) is 49.4 Å². The summed E-state index contributed by atoms with van der Waals surface area (Å²) in [5.41, 5.74) is 1.85. The molecule has 0 saturated heterocycles. The Morgan fingerprint density at radius 1 is 1.53 bits per heavy atom. The second-order valence-corrected chi connectivity index (χ2v) is 5.25. The van der Waals surface area contributed by atoms with Crippen molar-refractivity contribution in [1.29, 1.82) is 0 Å². The zero-order valence-electron chi connectivity index (χ0n) is 8.59. The van der Waals surface area contributed by atoms with Crippen LogP contribution in [0.15, 0.2) is 22.7 Å². The van der Waals surface area contributed by atoms with Crippen LogP contribution >= 0.6 is 15.9 Å². The number of halogens is 1. The van der Waals surface area contributed by atoms with Crippen LogP contribution in [-0.4, -0.2) is 11.1 Å². The van der Waals surface area contributed by atoms with Crippen molar-refractivity contribution in [3.63, 3.8) is 0 Å². The fourth-order valence-electron chi connectivity index (χ4n) is 1.81. The highest BCUT2D eigenvalue weighted by Crippen LogP contribution is 2.49. The smallest absolute Gasteiger partial charge is 0.309 e. The van der Waals surface area contributed by atoms with Crippen LogP contribution in [0, 0.1) is 12.3 Å². The molecule has 80 valence electrons. The number of benzene rings is 1. The molecule has 0 amide bonds. The predicted octanol–water partition coefficient (Wildman–Crippen LogP) is 3.16. The first kappa shape index (κ1) is 10.7. The topological polar surface area (TPSA) is 37.3 Å². The Kier molecular flexibility index (Phi) is 2.59. The maximum atomic E-state index is 11.1. The third kappa shape index (κ3) is 2.07. The van der Waals surface area contributed by atoms with Gasteiger partial charge in [0, 0.05) is 4.47 Å². The van der Waals surface area contributed by atoms with Crippen LogP contribution < -0.4 is 0 Å². The Hall–Kier alpha value is -0.830. The van der Waals surface area contributed by atoms with Gasteiger partial charge in [0.25, 0.3) is 0 Å². The lowest BCUT2D eigenvalue weighted by Gasteiger charge is -2.12.